The molecule has 0 aliphatic carbocycles. The van der Waals surface area contributed by atoms with Crippen LogP contribution in [-0.2, 0) is 4.79 Å². The van der Waals surface area contributed by atoms with Gasteiger partial charge in [0.1, 0.15) is 5.69 Å². The molecular weight excluding hydrogens is 248 g/mol. The number of rotatable bonds is 5. The number of nitrogens with two attached hydrogens (primary N) is 1. The monoisotopic (exact) mass is 262 g/mol. The first kappa shape index (κ1) is 14.6. The molecule has 0 radical (unpaired) electrons. The second-order valence-corrected chi connectivity index (χ2v) is 4.16. The SMILES string of the molecule is CC(N)CCC(=O)Nc1ccc(C#N)cc1[N+](=O)[O-]. The Morgan fingerprint density at radius 3 is 2.84 bits per heavy atom. The summed E-state index contributed by atoms with van der Waals surface area (Å²) in [6.45, 7) is 1.78. The van der Waals surface area contributed by atoms with Crippen molar-refractivity contribution in [2.45, 2.75) is 25.8 Å². The van der Waals surface area contributed by atoms with Gasteiger partial charge in [-0.2, -0.15) is 5.26 Å². The van der Waals surface area contributed by atoms with Crippen LogP contribution >= 0.6 is 0 Å². The zero-order valence-electron chi connectivity index (χ0n) is 10.4. The average Bonchev–Trinajstić information content (AvgIpc) is 2.36. The second kappa shape index (κ2) is 6.47. The van der Waals surface area contributed by atoms with Crippen LogP contribution < -0.4 is 11.1 Å². The van der Waals surface area contributed by atoms with Crippen LogP contribution in [0.3, 0.4) is 0 Å². The van der Waals surface area contributed by atoms with Crippen LogP contribution in [0.1, 0.15) is 25.3 Å². The minimum absolute atomic E-state index is 0.0821. The highest BCUT2D eigenvalue weighted by molar-refractivity contribution is 5.93. The largest absolute Gasteiger partial charge is 0.328 e. The molecule has 1 unspecified atom stereocenters. The van der Waals surface area contributed by atoms with E-state index in [2.05, 4.69) is 5.32 Å². The number of carbonyl (C=O) groups excluding carboxylic acids is 1. The number of hydrogen-bond donors (Lipinski definition) is 2. The number of hydrogen-bond acceptors (Lipinski definition) is 5. The number of carbonyl (C=O) groups is 1. The molecule has 0 bridgehead atoms. The van der Waals surface area contributed by atoms with E-state index in [4.69, 9.17) is 11.0 Å². The second-order valence-electron chi connectivity index (χ2n) is 4.16. The number of nitrogens with zero attached hydrogens (tertiary/aromatic N) is 2. The lowest BCUT2D eigenvalue weighted by atomic mass is 10.1. The number of anilines is 1. The Labute approximate surface area is 110 Å². The average molecular weight is 262 g/mol. The van der Waals surface area contributed by atoms with E-state index in [-0.39, 0.29) is 35.3 Å². The topological polar surface area (TPSA) is 122 Å². The smallest absolute Gasteiger partial charge is 0.294 e. The summed E-state index contributed by atoms with van der Waals surface area (Å²) in [5.41, 5.74) is 5.48. The van der Waals surface area contributed by atoms with Gasteiger partial charge >= 0.3 is 0 Å². The van der Waals surface area contributed by atoms with E-state index in [0.717, 1.165) is 6.07 Å². The van der Waals surface area contributed by atoms with Crippen LogP contribution in [-0.4, -0.2) is 16.9 Å². The molecule has 1 aromatic rings. The Morgan fingerprint density at radius 2 is 2.32 bits per heavy atom. The molecule has 0 spiro atoms. The third-order valence-electron chi connectivity index (χ3n) is 2.42. The number of nitro groups is 1. The first-order chi connectivity index (χ1) is 8.93. The van der Waals surface area contributed by atoms with E-state index in [9.17, 15) is 14.9 Å². The highest BCUT2D eigenvalue weighted by atomic mass is 16.6. The number of amides is 1. The van der Waals surface area contributed by atoms with Crippen molar-refractivity contribution < 1.29 is 9.72 Å². The van der Waals surface area contributed by atoms with Crippen molar-refractivity contribution in [3.8, 4) is 6.07 Å². The molecule has 100 valence electrons. The van der Waals surface area contributed by atoms with Crippen molar-refractivity contribution in [3.63, 3.8) is 0 Å². The van der Waals surface area contributed by atoms with E-state index in [1.807, 2.05) is 6.07 Å². The highest BCUT2D eigenvalue weighted by Gasteiger charge is 2.16. The van der Waals surface area contributed by atoms with Gasteiger partial charge in [0.05, 0.1) is 16.6 Å². The molecule has 1 atom stereocenters. The molecular formula is C12H14N4O3. The van der Waals surface area contributed by atoms with Crippen molar-refractivity contribution >= 4 is 17.3 Å². The van der Waals surface area contributed by atoms with Crippen LogP contribution in [0, 0.1) is 21.4 Å². The van der Waals surface area contributed by atoms with Crippen molar-refractivity contribution in [1.82, 2.24) is 0 Å². The standard InChI is InChI=1S/C12H14N4O3/c1-8(14)2-5-12(17)15-10-4-3-9(7-13)6-11(10)16(18)19/h3-4,6,8H,2,5,14H2,1H3,(H,15,17). The molecule has 0 aliphatic heterocycles. The van der Waals surface area contributed by atoms with Gasteiger partial charge in [-0.15, -0.1) is 0 Å². The van der Waals surface area contributed by atoms with E-state index in [1.54, 1.807) is 6.92 Å². The van der Waals surface area contributed by atoms with E-state index < -0.39 is 4.92 Å². The summed E-state index contributed by atoms with van der Waals surface area (Å²) in [6, 6.07) is 5.58. The van der Waals surface area contributed by atoms with Crippen LogP contribution in [0.15, 0.2) is 18.2 Å². The van der Waals surface area contributed by atoms with Crippen LogP contribution in [0.25, 0.3) is 0 Å². The quantitative estimate of drug-likeness (QED) is 0.615. The van der Waals surface area contributed by atoms with Gasteiger partial charge in [-0.1, -0.05) is 0 Å². The van der Waals surface area contributed by atoms with Crippen LogP contribution in [0.5, 0.6) is 0 Å². The minimum Gasteiger partial charge on any atom is -0.328 e. The van der Waals surface area contributed by atoms with Crippen molar-refractivity contribution in [2.24, 2.45) is 5.73 Å². The third kappa shape index (κ3) is 4.37. The summed E-state index contributed by atoms with van der Waals surface area (Å²) >= 11 is 0. The van der Waals surface area contributed by atoms with E-state index in [1.165, 1.54) is 12.1 Å². The Bertz CT molecular complexity index is 534. The molecule has 0 heterocycles. The summed E-state index contributed by atoms with van der Waals surface area (Å²) in [5, 5.41) is 22.0. The number of nitrogens with one attached hydrogen (secondary N) is 1. The van der Waals surface area contributed by atoms with Crippen LogP contribution in [0.4, 0.5) is 11.4 Å². The molecule has 0 saturated heterocycles. The van der Waals surface area contributed by atoms with Crippen LogP contribution in [0.2, 0.25) is 0 Å². The van der Waals surface area contributed by atoms with Crippen molar-refractivity contribution in [3.05, 3.63) is 33.9 Å². The molecule has 19 heavy (non-hydrogen) atoms. The van der Waals surface area contributed by atoms with Gasteiger partial charge < -0.3 is 11.1 Å². The molecule has 0 fully saturated rings. The first-order valence-electron chi connectivity index (χ1n) is 5.68. The summed E-state index contributed by atoms with van der Waals surface area (Å²) in [4.78, 5) is 21.8. The molecule has 7 nitrogen and oxygen atoms in total. The Morgan fingerprint density at radius 1 is 1.63 bits per heavy atom. The lowest BCUT2D eigenvalue weighted by Gasteiger charge is -2.07. The first-order valence-corrected chi connectivity index (χ1v) is 5.68. The van der Waals surface area contributed by atoms with Crippen molar-refractivity contribution in [1.29, 1.82) is 5.26 Å². The number of benzene rings is 1. The van der Waals surface area contributed by atoms with Crippen molar-refractivity contribution in [2.75, 3.05) is 5.32 Å². The summed E-state index contributed by atoms with van der Waals surface area (Å²) in [6.07, 6.45) is 0.685. The molecule has 7 heteroatoms. The molecule has 1 aromatic carbocycles. The van der Waals surface area contributed by atoms with Gasteiger partial charge in [-0.05, 0) is 25.5 Å². The molecule has 0 aliphatic rings. The minimum atomic E-state index is -0.637. The Balaban J connectivity index is 2.86. The summed E-state index contributed by atoms with van der Waals surface area (Å²) < 4.78 is 0. The molecule has 1 rings (SSSR count). The molecule has 1 amide bonds. The predicted octanol–water partition coefficient (Wildman–Crippen LogP) is 1.53. The Kier molecular flexibility index (Phi) is 4.97. The maximum atomic E-state index is 11.6. The molecule has 3 N–H and O–H groups in total. The summed E-state index contributed by atoms with van der Waals surface area (Å²) in [5.74, 6) is -0.342. The normalized spacial score (nSPS) is 11.4. The lowest BCUT2D eigenvalue weighted by molar-refractivity contribution is -0.383. The van der Waals surface area contributed by atoms with Gasteiger partial charge in [-0.3, -0.25) is 14.9 Å². The maximum absolute atomic E-state index is 11.6. The van der Waals surface area contributed by atoms with E-state index >= 15 is 0 Å². The maximum Gasteiger partial charge on any atom is 0.294 e. The lowest BCUT2D eigenvalue weighted by Crippen LogP contribution is -2.19. The highest BCUT2D eigenvalue weighted by Crippen LogP contribution is 2.25. The number of nitro benzene ring substituents is 1. The number of nitriles is 1. The predicted molar refractivity (Wildman–Crippen MR) is 69.3 cm³/mol. The van der Waals surface area contributed by atoms with Gasteiger partial charge in [0.2, 0.25) is 5.91 Å². The Hall–Kier alpha value is -2.46. The zero-order chi connectivity index (χ0) is 14.4. The fourth-order valence-corrected chi connectivity index (χ4v) is 1.43. The third-order valence-corrected chi connectivity index (χ3v) is 2.42. The van der Waals surface area contributed by atoms with Gasteiger partial charge in [0.15, 0.2) is 0 Å². The fourth-order valence-electron chi connectivity index (χ4n) is 1.43. The zero-order valence-corrected chi connectivity index (χ0v) is 10.4. The fraction of sp³-hybridized carbons (Fsp3) is 0.333. The van der Waals surface area contributed by atoms with Gasteiger partial charge in [-0.25, -0.2) is 0 Å². The summed E-state index contributed by atoms with van der Waals surface area (Å²) in [7, 11) is 0. The van der Waals surface area contributed by atoms with E-state index in [0.29, 0.717) is 6.42 Å². The molecule has 0 aromatic heterocycles. The molecule has 0 saturated carbocycles. The van der Waals surface area contributed by atoms with Gasteiger partial charge in [0, 0.05) is 18.5 Å². The van der Waals surface area contributed by atoms with Gasteiger partial charge in [0.25, 0.3) is 5.69 Å².